The van der Waals surface area contributed by atoms with Gasteiger partial charge in [0.2, 0.25) is 0 Å². The highest BCUT2D eigenvalue weighted by Crippen LogP contribution is 2.49. The van der Waals surface area contributed by atoms with Crippen molar-refractivity contribution in [3.63, 3.8) is 0 Å². The fourth-order valence-electron chi connectivity index (χ4n) is 4.78. The van der Waals surface area contributed by atoms with Gasteiger partial charge in [-0.05, 0) is 61.7 Å². The number of hydrogen-bond acceptors (Lipinski definition) is 2. The van der Waals surface area contributed by atoms with Crippen molar-refractivity contribution in [1.82, 2.24) is 0 Å². The van der Waals surface area contributed by atoms with Gasteiger partial charge < -0.3 is 10.8 Å². The van der Waals surface area contributed by atoms with Crippen molar-refractivity contribution >= 4 is 0 Å². The zero-order valence-electron chi connectivity index (χ0n) is 14.7. The van der Waals surface area contributed by atoms with Crippen molar-refractivity contribution in [1.29, 1.82) is 0 Å². The Morgan fingerprint density at radius 1 is 1.05 bits per heavy atom. The lowest BCUT2D eigenvalue weighted by molar-refractivity contribution is -0.0640. The number of aliphatic hydroxyl groups excluding tert-OH is 1. The molecule has 0 saturated heterocycles. The Balaban J connectivity index is 1.99. The summed E-state index contributed by atoms with van der Waals surface area (Å²) in [4.78, 5) is 0. The van der Waals surface area contributed by atoms with Crippen LogP contribution in [0.2, 0.25) is 0 Å². The van der Waals surface area contributed by atoms with E-state index in [0.717, 1.165) is 24.7 Å². The lowest BCUT2D eigenvalue weighted by Gasteiger charge is -2.48. The highest BCUT2D eigenvalue weighted by atomic mass is 16.3. The van der Waals surface area contributed by atoms with Crippen molar-refractivity contribution in [2.45, 2.75) is 85.2 Å². The molecule has 124 valence electrons. The van der Waals surface area contributed by atoms with Gasteiger partial charge in [0.15, 0.2) is 0 Å². The van der Waals surface area contributed by atoms with Gasteiger partial charge in [0.1, 0.15) is 0 Å². The van der Waals surface area contributed by atoms with Gasteiger partial charge in [-0.2, -0.15) is 0 Å². The Kier molecular flexibility index (Phi) is 5.41. The van der Waals surface area contributed by atoms with Crippen LogP contribution in [0.25, 0.3) is 0 Å². The second-order valence-corrected chi connectivity index (χ2v) is 9.17. The van der Waals surface area contributed by atoms with E-state index in [1.165, 1.54) is 38.5 Å². The molecule has 1 atom stereocenters. The highest BCUT2D eigenvalue weighted by molar-refractivity contribution is 4.97. The molecular weight excluding hydrogens is 258 g/mol. The zero-order valence-corrected chi connectivity index (χ0v) is 14.7. The fraction of sp³-hybridized carbons (Fsp3) is 1.00. The molecule has 21 heavy (non-hydrogen) atoms. The van der Waals surface area contributed by atoms with E-state index in [9.17, 15) is 5.11 Å². The summed E-state index contributed by atoms with van der Waals surface area (Å²) in [7, 11) is 0. The van der Waals surface area contributed by atoms with Gasteiger partial charge in [-0.3, -0.25) is 0 Å². The average Bonchev–Trinajstić information content (AvgIpc) is 2.46. The first kappa shape index (κ1) is 17.3. The third-order valence-corrected chi connectivity index (χ3v) is 6.75. The Labute approximate surface area is 131 Å². The quantitative estimate of drug-likeness (QED) is 0.813. The monoisotopic (exact) mass is 295 g/mol. The molecule has 0 heterocycles. The van der Waals surface area contributed by atoms with Gasteiger partial charge in [0.25, 0.3) is 0 Å². The van der Waals surface area contributed by atoms with E-state index in [0.29, 0.717) is 17.9 Å². The van der Waals surface area contributed by atoms with E-state index in [1.54, 1.807) is 0 Å². The normalized spacial score (nSPS) is 40.0. The lowest BCUT2D eigenvalue weighted by atomic mass is 9.59. The van der Waals surface area contributed by atoms with E-state index >= 15 is 0 Å². The number of nitrogens with two attached hydrogens (primary N) is 1. The van der Waals surface area contributed by atoms with Gasteiger partial charge in [0, 0.05) is 12.0 Å². The molecule has 0 amide bonds. The van der Waals surface area contributed by atoms with Gasteiger partial charge in [0.05, 0.1) is 6.10 Å². The molecule has 2 saturated carbocycles. The molecule has 0 spiro atoms. The second kappa shape index (κ2) is 6.58. The van der Waals surface area contributed by atoms with Gasteiger partial charge >= 0.3 is 0 Å². The summed E-state index contributed by atoms with van der Waals surface area (Å²) in [5.41, 5.74) is 6.57. The molecule has 0 aliphatic heterocycles. The van der Waals surface area contributed by atoms with Crippen LogP contribution in [-0.2, 0) is 0 Å². The van der Waals surface area contributed by atoms with E-state index < -0.39 is 0 Å². The summed E-state index contributed by atoms with van der Waals surface area (Å²) in [6, 6.07) is 0. The Morgan fingerprint density at radius 3 is 2.00 bits per heavy atom. The molecule has 0 radical (unpaired) electrons. The van der Waals surface area contributed by atoms with E-state index in [2.05, 4.69) is 27.7 Å². The molecular formula is C19H37NO. The maximum atomic E-state index is 11.0. The van der Waals surface area contributed by atoms with Crippen LogP contribution in [0.5, 0.6) is 0 Å². The van der Waals surface area contributed by atoms with Gasteiger partial charge in [-0.25, -0.2) is 0 Å². The first-order chi connectivity index (χ1) is 9.78. The third kappa shape index (κ3) is 3.82. The highest BCUT2D eigenvalue weighted by Gasteiger charge is 2.45. The predicted octanol–water partition coefficient (Wildman–Crippen LogP) is 4.36. The summed E-state index contributed by atoms with van der Waals surface area (Å²) < 4.78 is 0. The molecule has 2 aliphatic rings. The van der Waals surface area contributed by atoms with E-state index in [-0.39, 0.29) is 11.5 Å². The minimum atomic E-state index is -0.170. The molecule has 1 unspecified atom stereocenters. The lowest BCUT2D eigenvalue weighted by Crippen LogP contribution is -2.49. The van der Waals surface area contributed by atoms with Gasteiger partial charge in [-0.1, -0.05) is 40.5 Å². The first-order valence-corrected chi connectivity index (χ1v) is 9.16. The molecule has 3 N–H and O–H groups in total. The van der Waals surface area contributed by atoms with Crippen LogP contribution in [-0.4, -0.2) is 17.8 Å². The molecule has 0 aromatic carbocycles. The maximum absolute atomic E-state index is 11.0. The summed E-state index contributed by atoms with van der Waals surface area (Å²) in [5.74, 6) is 2.13. The summed E-state index contributed by atoms with van der Waals surface area (Å²) in [6.07, 6.45) is 9.52. The second-order valence-electron chi connectivity index (χ2n) is 9.17. The molecule has 0 bridgehead atoms. The largest absolute Gasteiger partial charge is 0.392 e. The molecule has 2 nitrogen and oxygen atoms in total. The molecule has 2 aliphatic carbocycles. The van der Waals surface area contributed by atoms with Crippen LogP contribution in [0.3, 0.4) is 0 Å². The molecule has 0 aromatic heterocycles. The van der Waals surface area contributed by atoms with E-state index in [1.807, 2.05) is 0 Å². The number of rotatable bonds is 3. The molecule has 0 aromatic rings. The van der Waals surface area contributed by atoms with Crippen LogP contribution in [0.1, 0.15) is 79.1 Å². The van der Waals surface area contributed by atoms with Crippen LogP contribution < -0.4 is 5.73 Å². The Bertz CT molecular complexity index is 317. The predicted molar refractivity (Wildman–Crippen MR) is 90.0 cm³/mol. The Hall–Kier alpha value is -0.0800. The third-order valence-electron chi connectivity index (χ3n) is 6.75. The van der Waals surface area contributed by atoms with Crippen LogP contribution >= 0.6 is 0 Å². The summed E-state index contributed by atoms with van der Waals surface area (Å²) in [6.45, 7) is 10.1. The minimum Gasteiger partial charge on any atom is -0.392 e. The SMILES string of the molecule is CC1CCC(C(O)C2(CN)CCC(C(C)(C)C)CC2)CC1. The van der Waals surface area contributed by atoms with Crippen LogP contribution in [0.4, 0.5) is 0 Å². The summed E-state index contributed by atoms with van der Waals surface area (Å²) >= 11 is 0. The molecule has 2 rings (SSSR count). The zero-order chi connectivity index (χ0) is 15.7. The van der Waals surface area contributed by atoms with Crippen molar-refractivity contribution in [2.24, 2.45) is 34.3 Å². The smallest absolute Gasteiger partial charge is 0.0636 e. The van der Waals surface area contributed by atoms with Crippen LogP contribution in [0, 0.1) is 28.6 Å². The number of hydrogen-bond donors (Lipinski definition) is 2. The number of aliphatic hydroxyl groups is 1. The van der Waals surface area contributed by atoms with Gasteiger partial charge in [-0.15, -0.1) is 0 Å². The minimum absolute atomic E-state index is 0.00694. The first-order valence-electron chi connectivity index (χ1n) is 9.16. The topological polar surface area (TPSA) is 46.2 Å². The van der Waals surface area contributed by atoms with Crippen molar-refractivity contribution in [3.05, 3.63) is 0 Å². The van der Waals surface area contributed by atoms with Crippen molar-refractivity contribution in [2.75, 3.05) is 6.54 Å². The van der Waals surface area contributed by atoms with Crippen molar-refractivity contribution in [3.8, 4) is 0 Å². The van der Waals surface area contributed by atoms with Crippen molar-refractivity contribution < 1.29 is 5.11 Å². The van der Waals surface area contributed by atoms with E-state index in [4.69, 9.17) is 5.73 Å². The molecule has 2 heteroatoms. The summed E-state index contributed by atoms with van der Waals surface area (Å²) in [5, 5.41) is 11.0. The fourth-order valence-corrected chi connectivity index (χ4v) is 4.78. The average molecular weight is 296 g/mol. The maximum Gasteiger partial charge on any atom is 0.0636 e. The standard InChI is InChI=1S/C19H37NO/c1-14-5-7-15(8-6-14)17(21)19(13-20)11-9-16(10-12-19)18(2,3)4/h14-17,21H,5-13,20H2,1-4H3. The van der Waals surface area contributed by atoms with Crippen LogP contribution in [0.15, 0.2) is 0 Å². The Morgan fingerprint density at radius 2 is 1.57 bits per heavy atom. The molecule has 2 fully saturated rings.